The molecular weight excluding hydrogens is 242 g/mol. The van der Waals surface area contributed by atoms with Crippen molar-refractivity contribution in [2.24, 2.45) is 0 Å². The van der Waals surface area contributed by atoms with Gasteiger partial charge in [-0.15, -0.1) is 0 Å². The van der Waals surface area contributed by atoms with Gasteiger partial charge in [-0.2, -0.15) is 4.31 Å². The Bertz CT molecular complexity index is 475. The molecule has 7 heteroatoms. The van der Waals surface area contributed by atoms with Crippen LogP contribution in [0.2, 0.25) is 0 Å². The molecule has 0 aromatic carbocycles. The van der Waals surface area contributed by atoms with E-state index in [0.29, 0.717) is 19.6 Å². The number of hydrogen-bond donors (Lipinski definition) is 0. The van der Waals surface area contributed by atoms with E-state index in [4.69, 9.17) is 4.52 Å². The number of hydrogen-bond acceptors (Lipinski definition) is 5. The van der Waals surface area contributed by atoms with Crippen LogP contribution in [0.15, 0.2) is 10.6 Å². The second-order valence-electron chi connectivity index (χ2n) is 4.37. The highest BCUT2D eigenvalue weighted by atomic mass is 32.2. The van der Waals surface area contributed by atoms with Crippen molar-refractivity contribution in [3.63, 3.8) is 0 Å². The molecule has 6 nitrogen and oxygen atoms in total. The Morgan fingerprint density at radius 1 is 1.35 bits per heavy atom. The van der Waals surface area contributed by atoms with Gasteiger partial charge in [0.1, 0.15) is 0 Å². The van der Waals surface area contributed by atoms with E-state index in [-0.39, 0.29) is 0 Å². The second kappa shape index (κ2) is 4.75. The summed E-state index contributed by atoms with van der Waals surface area (Å²) in [7, 11) is -3.05. The van der Waals surface area contributed by atoms with Crippen LogP contribution in [-0.4, -0.2) is 55.2 Å². The first kappa shape index (κ1) is 12.5. The average molecular weight is 259 g/mol. The van der Waals surface area contributed by atoms with Gasteiger partial charge in [-0.25, -0.2) is 8.42 Å². The van der Waals surface area contributed by atoms with E-state index in [1.165, 1.54) is 10.6 Å². The molecule has 2 rings (SSSR count). The number of rotatable bonds is 3. The van der Waals surface area contributed by atoms with Gasteiger partial charge in [-0.3, -0.25) is 4.90 Å². The van der Waals surface area contributed by atoms with Crippen LogP contribution in [0, 0.1) is 6.92 Å². The van der Waals surface area contributed by atoms with Crippen LogP contribution >= 0.6 is 0 Å². The zero-order valence-corrected chi connectivity index (χ0v) is 10.9. The molecule has 1 saturated heterocycles. The fourth-order valence-corrected chi connectivity index (χ4v) is 2.76. The molecule has 0 bridgehead atoms. The van der Waals surface area contributed by atoms with Gasteiger partial charge in [0.2, 0.25) is 10.0 Å². The van der Waals surface area contributed by atoms with Crippen LogP contribution < -0.4 is 0 Å². The third-order valence-corrected chi connectivity index (χ3v) is 4.16. The van der Waals surface area contributed by atoms with Crippen molar-refractivity contribution in [2.75, 3.05) is 32.4 Å². The molecular formula is C10H17N3O3S. The van der Waals surface area contributed by atoms with Crippen molar-refractivity contribution in [1.29, 1.82) is 0 Å². The van der Waals surface area contributed by atoms with Gasteiger partial charge in [-0.1, -0.05) is 5.16 Å². The van der Waals surface area contributed by atoms with Crippen molar-refractivity contribution >= 4 is 10.0 Å². The number of aromatic nitrogens is 1. The van der Waals surface area contributed by atoms with Gasteiger partial charge < -0.3 is 4.52 Å². The molecule has 0 radical (unpaired) electrons. The molecule has 96 valence electrons. The minimum Gasteiger partial charge on any atom is -0.360 e. The molecule has 1 fully saturated rings. The average Bonchev–Trinajstić information content (AvgIpc) is 2.63. The molecule has 2 heterocycles. The van der Waals surface area contributed by atoms with Crippen molar-refractivity contribution in [3.8, 4) is 0 Å². The zero-order valence-electron chi connectivity index (χ0n) is 10.1. The van der Waals surface area contributed by atoms with Crippen LogP contribution in [-0.2, 0) is 16.6 Å². The number of sulfonamides is 1. The summed E-state index contributed by atoms with van der Waals surface area (Å²) in [6.07, 6.45) is 1.25. The van der Waals surface area contributed by atoms with Gasteiger partial charge in [0.05, 0.1) is 18.5 Å². The molecule has 1 aromatic rings. The maximum Gasteiger partial charge on any atom is 0.211 e. The topological polar surface area (TPSA) is 66.7 Å². The smallest absolute Gasteiger partial charge is 0.211 e. The highest BCUT2D eigenvalue weighted by Gasteiger charge is 2.23. The van der Waals surface area contributed by atoms with Crippen LogP contribution in [0.4, 0.5) is 0 Å². The standard InChI is InChI=1S/C10H17N3O3S/c1-9-7-10(16-11-9)8-12-3-5-13(6-4-12)17(2,14)15/h7H,3-6,8H2,1-2H3. The molecule has 0 spiro atoms. The number of nitrogens with zero attached hydrogens (tertiary/aromatic N) is 3. The lowest BCUT2D eigenvalue weighted by molar-refractivity contribution is 0.166. The Labute approximate surface area is 101 Å². The van der Waals surface area contributed by atoms with Crippen molar-refractivity contribution in [1.82, 2.24) is 14.4 Å². The van der Waals surface area contributed by atoms with Crippen molar-refractivity contribution in [3.05, 3.63) is 17.5 Å². The summed E-state index contributed by atoms with van der Waals surface area (Å²) < 4.78 is 29.3. The molecule has 0 amide bonds. The highest BCUT2D eigenvalue weighted by Crippen LogP contribution is 2.11. The van der Waals surface area contributed by atoms with Gasteiger partial charge in [0.15, 0.2) is 5.76 Å². The summed E-state index contributed by atoms with van der Waals surface area (Å²) in [6.45, 7) is 5.13. The molecule has 0 N–H and O–H groups in total. The molecule has 0 unspecified atom stereocenters. The molecule has 17 heavy (non-hydrogen) atoms. The molecule has 1 aliphatic rings. The van der Waals surface area contributed by atoms with E-state index in [0.717, 1.165) is 24.5 Å². The SMILES string of the molecule is Cc1cc(CN2CCN(S(C)(=O)=O)CC2)on1. The third kappa shape index (κ3) is 3.27. The lowest BCUT2D eigenvalue weighted by Gasteiger charge is -2.32. The predicted molar refractivity (Wildman–Crippen MR) is 62.9 cm³/mol. The van der Waals surface area contributed by atoms with Crippen LogP contribution in [0.5, 0.6) is 0 Å². The summed E-state index contributed by atoms with van der Waals surface area (Å²) >= 11 is 0. The Hall–Kier alpha value is -0.920. The molecule has 1 aliphatic heterocycles. The second-order valence-corrected chi connectivity index (χ2v) is 6.36. The van der Waals surface area contributed by atoms with Crippen molar-refractivity contribution < 1.29 is 12.9 Å². The van der Waals surface area contributed by atoms with E-state index in [1.54, 1.807) is 0 Å². The van der Waals surface area contributed by atoms with Gasteiger partial charge in [-0.05, 0) is 6.92 Å². The summed E-state index contributed by atoms with van der Waals surface area (Å²) in [5.41, 5.74) is 0.870. The summed E-state index contributed by atoms with van der Waals surface area (Å²) in [4.78, 5) is 2.17. The maximum absolute atomic E-state index is 11.3. The molecule has 0 atom stereocenters. The van der Waals surface area contributed by atoms with E-state index < -0.39 is 10.0 Å². The van der Waals surface area contributed by atoms with E-state index in [9.17, 15) is 8.42 Å². The van der Waals surface area contributed by atoms with Crippen LogP contribution in [0.3, 0.4) is 0 Å². The first-order valence-corrected chi connectivity index (χ1v) is 7.39. The van der Waals surface area contributed by atoms with E-state index in [2.05, 4.69) is 10.1 Å². The van der Waals surface area contributed by atoms with Crippen molar-refractivity contribution in [2.45, 2.75) is 13.5 Å². The Morgan fingerprint density at radius 2 is 2.00 bits per heavy atom. The summed E-state index contributed by atoms with van der Waals surface area (Å²) in [5.74, 6) is 0.829. The minimum absolute atomic E-state index is 0.548. The maximum atomic E-state index is 11.3. The third-order valence-electron chi connectivity index (χ3n) is 2.86. The largest absolute Gasteiger partial charge is 0.360 e. The lowest BCUT2D eigenvalue weighted by atomic mass is 10.3. The summed E-state index contributed by atoms with van der Waals surface area (Å²) in [6, 6.07) is 1.91. The minimum atomic E-state index is -3.05. The predicted octanol–water partition coefficient (Wildman–Crippen LogP) is 0.0602. The van der Waals surface area contributed by atoms with Crippen LogP contribution in [0.25, 0.3) is 0 Å². The number of aryl methyl sites for hydroxylation is 1. The zero-order chi connectivity index (χ0) is 12.5. The molecule has 0 saturated carbocycles. The highest BCUT2D eigenvalue weighted by molar-refractivity contribution is 7.88. The van der Waals surface area contributed by atoms with E-state index >= 15 is 0 Å². The van der Waals surface area contributed by atoms with Gasteiger partial charge in [0, 0.05) is 32.2 Å². The normalized spacial score (nSPS) is 19.6. The van der Waals surface area contributed by atoms with Crippen LogP contribution in [0.1, 0.15) is 11.5 Å². The first-order chi connectivity index (χ1) is 7.95. The Balaban J connectivity index is 1.87. The van der Waals surface area contributed by atoms with Gasteiger partial charge >= 0.3 is 0 Å². The first-order valence-electron chi connectivity index (χ1n) is 5.55. The monoisotopic (exact) mass is 259 g/mol. The Kier molecular flexibility index (Phi) is 3.50. The fraction of sp³-hybridized carbons (Fsp3) is 0.700. The van der Waals surface area contributed by atoms with Gasteiger partial charge in [0.25, 0.3) is 0 Å². The molecule has 1 aromatic heterocycles. The fourth-order valence-electron chi connectivity index (χ4n) is 1.93. The molecule has 0 aliphatic carbocycles. The Morgan fingerprint density at radius 3 is 2.47 bits per heavy atom. The lowest BCUT2D eigenvalue weighted by Crippen LogP contribution is -2.47. The quantitative estimate of drug-likeness (QED) is 0.768. The summed E-state index contributed by atoms with van der Waals surface area (Å²) in [5, 5.41) is 3.83. The van der Waals surface area contributed by atoms with E-state index in [1.807, 2.05) is 13.0 Å². The number of piperazine rings is 1.